The van der Waals surface area contributed by atoms with Gasteiger partial charge >= 0.3 is 6.09 Å². The van der Waals surface area contributed by atoms with E-state index in [2.05, 4.69) is 10.3 Å². The van der Waals surface area contributed by atoms with E-state index in [-0.39, 0.29) is 12.4 Å². The van der Waals surface area contributed by atoms with E-state index < -0.39 is 6.09 Å². The number of nitrogens with one attached hydrogen (secondary N) is 1. The van der Waals surface area contributed by atoms with Gasteiger partial charge < -0.3 is 14.8 Å². The highest BCUT2D eigenvalue weighted by atomic mass is 19.1. The summed E-state index contributed by atoms with van der Waals surface area (Å²) in [7, 11) is 0. The van der Waals surface area contributed by atoms with E-state index in [0.29, 0.717) is 11.3 Å². The van der Waals surface area contributed by atoms with Crippen LogP contribution in [0.5, 0.6) is 0 Å². The fourth-order valence-corrected chi connectivity index (χ4v) is 1.27. The van der Waals surface area contributed by atoms with Crippen LogP contribution < -0.4 is 5.32 Å². The minimum atomic E-state index is -1.11. The van der Waals surface area contributed by atoms with E-state index in [0.717, 1.165) is 0 Å². The van der Waals surface area contributed by atoms with Crippen molar-refractivity contribution in [3.63, 3.8) is 0 Å². The first-order chi connectivity index (χ1) is 7.15. The molecule has 2 N–H and O–H groups in total. The van der Waals surface area contributed by atoms with Crippen molar-refractivity contribution in [2.45, 2.75) is 6.54 Å². The van der Waals surface area contributed by atoms with Crippen LogP contribution in [0.25, 0.3) is 5.65 Å². The Bertz CT molecular complexity index is 509. The number of imidazole rings is 1. The summed E-state index contributed by atoms with van der Waals surface area (Å²) in [5.41, 5.74) is 1.13. The number of nitrogens with zero attached hydrogens (tertiary/aromatic N) is 2. The van der Waals surface area contributed by atoms with Crippen LogP contribution in [-0.2, 0) is 6.54 Å². The third kappa shape index (κ3) is 2.04. The number of aromatic nitrogens is 2. The van der Waals surface area contributed by atoms with Crippen LogP contribution in [0.2, 0.25) is 0 Å². The fraction of sp³-hybridized carbons (Fsp3) is 0.111. The van der Waals surface area contributed by atoms with Gasteiger partial charge in [0.25, 0.3) is 0 Å². The highest BCUT2D eigenvalue weighted by Crippen LogP contribution is 2.06. The number of rotatable bonds is 2. The Labute approximate surface area is 84.2 Å². The van der Waals surface area contributed by atoms with Crippen molar-refractivity contribution in [3.05, 3.63) is 36.0 Å². The Hall–Kier alpha value is -2.11. The van der Waals surface area contributed by atoms with Crippen LogP contribution in [0, 0.1) is 5.82 Å². The molecule has 0 aliphatic heterocycles. The molecule has 0 fully saturated rings. The second-order valence-corrected chi connectivity index (χ2v) is 3.00. The molecule has 0 aliphatic rings. The number of halogens is 1. The highest BCUT2D eigenvalue weighted by molar-refractivity contribution is 5.64. The van der Waals surface area contributed by atoms with Gasteiger partial charge in [0.2, 0.25) is 0 Å². The minimum Gasteiger partial charge on any atom is -0.465 e. The van der Waals surface area contributed by atoms with Gasteiger partial charge in [-0.15, -0.1) is 0 Å². The van der Waals surface area contributed by atoms with Crippen molar-refractivity contribution in [1.29, 1.82) is 0 Å². The van der Waals surface area contributed by atoms with Gasteiger partial charge in [0.15, 0.2) is 0 Å². The monoisotopic (exact) mass is 209 g/mol. The summed E-state index contributed by atoms with van der Waals surface area (Å²) in [6, 6.07) is 2.83. The van der Waals surface area contributed by atoms with Crippen LogP contribution in [-0.4, -0.2) is 20.6 Å². The number of amides is 1. The molecule has 2 aromatic rings. The molecule has 0 bridgehead atoms. The number of hydrogen-bond acceptors (Lipinski definition) is 2. The predicted molar refractivity (Wildman–Crippen MR) is 50.0 cm³/mol. The van der Waals surface area contributed by atoms with E-state index in [9.17, 15) is 9.18 Å². The van der Waals surface area contributed by atoms with Crippen molar-refractivity contribution in [1.82, 2.24) is 14.7 Å². The summed E-state index contributed by atoms with van der Waals surface area (Å²) in [5, 5.41) is 10.6. The Morgan fingerprint density at radius 3 is 3.07 bits per heavy atom. The third-order valence-corrected chi connectivity index (χ3v) is 1.89. The lowest BCUT2D eigenvalue weighted by atomic mass is 10.5. The van der Waals surface area contributed by atoms with E-state index in [1.807, 2.05) is 0 Å². The lowest BCUT2D eigenvalue weighted by Gasteiger charge is -1.93. The molecule has 0 saturated carbocycles. The Morgan fingerprint density at radius 2 is 2.33 bits per heavy atom. The molecule has 5 nitrogen and oxygen atoms in total. The van der Waals surface area contributed by atoms with Gasteiger partial charge in [0.05, 0.1) is 12.2 Å². The zero-order valence-corrected chi connectivity index (χ0v) is 7.64. The zero-order chi connectivity index (χ0) is 10.8. The van der Waals surface area contributed by atoms with Gasteiger partial charge in [-0.25, -0.2) is 14.2 Å². The van der Waals surface area contributed by atoms with Gasteiger partial charge in [0.1, 0.15) is 11.5 Å². The van der Waals surface area contributed by atoms with Crippen molar-refractivity contribution in [3.8, 4) is 0 Å². The van der Waals surface area contributed by atoms with Gasteiger partial charge in [-0.05, 0) is 12.1 Å². The Balaban J connectivity index is 2.27. The number of hydrogen-bond donors (Lipinski definition) is 2. The SMILES string of the molecule is O=C(O)NCc1cn2cc(F)ccc2n1. The average Bonchev–Trinajstić information content (AvgIpc) is 2.56. The number of fused-ring (bicyclic) bond motifs is 1. The van der Waals surface area contributed by atoms with E-state index >= 15 is 0 Å². The van der Waals surface area contributed by atoms with Crippen LogP contribution in [0.4, 0.5) is 9.18 Å². The number of carboxylic acid groups (broad SMARTS) is 1. The maximum atomic E-state index is 12.8. The normalized spacial score (nSPS) is 10.5. The molecule has 0 aliphatic carbocycles. The molecule has 2 aromatic heterocycles. The third-order valence-electron chi connectivity index (χ3n) is 1.89. The molecule has 0 aromatic carbocycles. The van der Waals surface area contributed by atoms with E-state index in [1.54, 1.807) is 6.20 Å². The predicted octanol–water partition coefficient (Wildman–Crippen LogP) is 1.24. The minimum absolute atomic E-state index is 0.110. The second kappa shape index (κ2) is 3.56. The Morgan fingerprint density at radius 1 is 1.53 bits per heavy atom. The molecule has 1 amide bonds. The van der Waals surface area contributed by atoms with Crippen LogP contribution in [0.15, 0.2) is 24.5 Å². The first-order valence-corrected chi connectivity index (χ1v) is 4.25. The lowest BCUT2D eigenvalue weighted by Crippen LogP contribution is -2.19. The summed E-state index contributed by atoms with van der Waals surface area (Å²) in [5.74, 6) is -0.363. The average molecular weight is 209 g/mol. The maximum Gasteiger partial charge on any atom is 0.404 e. The van der Waals surface area contributed by atoms with Crippen molar-refractivity contribution < 1.29 is 14.3 Å². The van der Waals surface area contributed by atoms with Crippen LogP contribution >= 0.6 is 0 Å². The first kappa shape index (κ1) is 9.45. The molecule has 2 heterocycles. The molecule has 78 valence electrons. The van der Waals surface area contributed by atoms with E-state index in [4.69, 9.17) is 5.11 Å². The van der Waals surface area contributed by atoms with Crippen LogP contribution in [0.3, 0.4) is 0 Å². The molecule has 6 heteroatoms. The van der Waals surface area contributed by atoms with Gasteiger partial charge in [-0.2, -0.15) is 0 Å². The summed E-state index contributed by atoms with van der Waals surface area (Å²) in [6.45, 7) is 0.110. The molecule has 0 radical (unpaired) electrons. The molecule has 0 saturated heterocycles. The molecule has 0 unspecified atom stereocenters. The standard InChI is InChI=1S/C9H8FN3O2/c10-6-1-2-8-12-7(3-11-9(14)15)5-13(8)4-6/h1-2,4-5,11H,3H2,(H,14,15). The summed E-state index contributed by atoms with van der Waals surface area (Å²) < 4.78 is 14.3. The van der Waals surface area contributed by atoms with Crippen LogP contribution in [0.1, 0.15) is 5.69 Å². The summed E-state index contributed by atoms with van der Waals surface area (Å²) >= 11 is 0. The smallest absolute Gasteiger partial charge is 0.404 e. The van der Waals surface area contributed by atoms with E-state index in [1.165, 1.54) is 22.7 Å². The van der Waals surface area contributed by atoms with Crippen molar-refractivity contribution >= 4 is 11.7 Å². The first-order valence-electron chi connectivity index (χ1n) is 4.25. The number of pyridine rings is 1. The second-order valence-electron chi connectivity index (χ2n) is 3.00. The highest BCUT2D eigenvalue weighted by Gasteiger charge is 2.03. The quantitative estimate of drug-likeness (QED) is 0.781. The van der Waals surface area contributed by atoms with Gasteiger partial charge in [-0.1, -0.05) is 0 Å². The molecular weight excluding hydrogens is 201 g/mol. The van der Waals surface area contributed by atoms with Gasteiger partial charge in [0, 0.05) is 12.4 Å². The summed E-state index contributed by atoms with van der Waals surface area (Å²) in [6.07, 6.45) is 1.75. The Kier molecular flexibility index (Phi) is 2.24. The maximum absolute atomic E-state index is 12.8. The largest absolute Gasteiger partial charge is 0.465 e. The van der Waals surface area contributed by atoms with Crippen molar-refractivity contribution in [2.75, 3.05) is 0 Å². The molecule has 0 spiro atoms. The topological polar surface area (TPSA) is 66.6 Å². The molecular formula is C9H8FN3O2. The fourth-order valence-electron chi connectivity index (χ4n) is 1.27. The molecule has 0 atom stereocenters. The summed E-state index contributed by atoms with van der Waals surface area (Å²) in [4.78, 5) is 14.3. The number of carbonyl (C=O) groups is 1. The molecule has 2 rings (SSSR count). The molecule has 15 heavy (non-hydrogen) atoms. The van der Waals surface area contributed by atoms with Gasteiger partial charge in [-0.3, -0.25) is 0 Å². The zero-order valence-electron chi connectivity index (χ0n) is 7.64. The lowest BCUT2D eigenvalue weighted by molar-refractivity contribution is 0.194. The van der Waals surface area contributed by atoms with Crippen molar-refractivity contribution in [2.24, 2.45) is 0 Å².